The van der Waals surface area contributed by atoms with Crippen LogP contribution in [-0.4, -0.2) is 58.4 Å². The molecular weight excluding hydrogens is 393 g/mol. The summed E-state index contributed by atoms with van der Waals surface area (Å²) < 4.78 is 16.4. The van der Waals surface area contributed by atoms with Crippen molar-refractivity contribution in [2.24, 2.45) is 14.1 Å². The smallest absolute Gasteiger partial charge is 0.332 e. The van der Waals surface area contributed by atoms with E-state index in [9.17, 15) is 23.6 Å². The molecule has 10 heteroatoms. The van der Waals surface area contributed by atoms with Crippen LogP contribution in [-0.2, 0) is 18.9 Å². The van der Waals surface area contributed by atoms with E-state index in [1.54, 1.807) is 7.05 Å². The van der Waals surface area contributed by atoms with Gasteiger partial charge in [0, 0.05) is 52.0 Å². The molecule has 2 aromatic rings. The summed E-state index contributed by atoms with van der Waals surface area (Å²) in [6.45, 7) is 3.63. The van der Waals surface area contributed by atoms with Crippen molar-refractivity contribution in [2.75, 3.05) is 42.9 Å². The van der Waals surface area contributed by atoms with Gasteiger partial charge >= 0.3 is 5.69 Å². The van der Waals surface area contributed by atoms with Crippen molar-refractivity contribution in [1.29, 1.82) is 0 Å². The Hall–Kier alpha value is -3.27. The molecule has 0 atom stereocenters. The third-order valence-electron chi connectivity index (χ3n) is 5.20. The molecule has 3 rings (SSSR count). The normalized spacial score (nSPS) is 14.6. The lowest BCUT2D eigenvalue weighted by atomic mass is 10.1. The molecule has 1 aliphatic rings. The molecule has 1 aromatic carbocycles. The van der Waals surface area contributed by atoms with Crippen molar-refractivity contribution in [2.45, 2.75) is 6.92 Å². The third kappa shape index (κ3) is 4.48. The molecule has 1 aliphatic heterocycles. The van der Waals surface area contributed by atoms with Crippen LogP contribution < -0.4 is 21.5 Å². The van der Waals surface area contributed by atoms with Gasteiger partial charge in [0.2, 0.25) is 5.91 Å². The fourth-order valence-electron chi connectivity index (χ4n) is 3.44. The van der Waals surface area contributed by atoms with Gasteiger partial charge in [-0.2, -0.15) is 0 Å². The van der Waals surface area contributed by atoms with E-state index in [1.165, 1.54) is 36.7 Å². The highest BCUT2D eigenvalue weighted by atomic mass is 19.1. The molecule has 1 aromatic heterocycles. The van der Waals surface area contributed by atoms with E-state index < -0.39 is 5.82 Å². The summed E-state index contributed by atoms with van der Waals surface area (Å²) in [5, 5.41) is 2.63. The van der Waals surface area contributed by atoms with Crippen molar-refractivity contribution >= 4 is 23.2 Å². The first-order valence-corrected chi connectivity index (χ1v) is 9.52. The minimum atomic E-state index is -0.673. The second-order valence-corrected chi connectivity index (χ2v) is 7.30. The minimum Gasteiger partial charge on any atom is -0.355 e. The highest BCUT2D eigenvalue weighted by Crippen LogP contribution is 2.16. The maximum absolute atomic E-state index is 13.9. The molecule has 1 N–H and O–H groups in total. The average Bonchev–Trinajstić information content (AvgIpc) is 2.69. The zero-order valence-corrected chi connectivity index (χ0v) is 17.1. The molecule has 0 unspecified atom stereocenters. The van der Waals surface area contributed by atoms with Gasteiger partial charge in [-0.1, -0.05) is 0 Å². The van der Waals surface area contributed by atoms with Gasteiger partial charge < -0.3 is 10.2 Å². The number of Topliss-reactive ketones (excluding diaryl/α,β-unsaturated/α-hetero) is 1. The van der Waals surface area contributed by atoms with Crippen LogP contribution in [0.1, 0.15) is 17.3 Å². The summed E-state index contributed by atoms with van der Waals surface area (Å²) >= 11 is 0. The van der Waals surface area contributed by atoms with Crippen molar-refractivity contribution < 1.29 is 14.0 Å². The highest BCUT2D eigenvalue weighted by Gasteiger charge is 2.22. The average molecular weight is 417 g/mol. The Balaban J connectivity index is 1.58. The van der Waals surface area contributed by atoms with Crippen LogP contribution in [0.5, 0.6) is 0 Å². The number of benzene rings is 1. The number of hydrogen-bond donors (Lipinski definition) is 1. The van der Waals surface area contributed by atoms with E-state index in [1.807, 2.05) is 9.80 Å². The lowest BCUT2D eigenvalue weighted by Crippen LogP contribution is -2.50. The van der Waals surface area contributed by atoms with E-state index in [0.717, 1.165) is 10.6 Å². The molecule has 1 saturated heterocycles. The second kappa shape index (κ2) is 8.62. The second-order valence-electron chi connectivity index (χ2n) is 7.30. The van der Waals surface area contributed by atoms with Crippen LogP contribution in [0.3, 0.4) is 0 Å². The molecule has 160 valence electrons. The lowest BCUT2D eigenvalue weighted by molar-refractivity contribution is -0.117. The van der Waals surface area contributed by atoms with E-state index in [-0.39, 0.29) is 40.7 Å². The molecule has 30 heavy (non-hydrogen) atoms. The van der Waals surface area contributed by atoms with Gasteiger partial charge in [0.15, 0.2) is 5.78 Å². The molecule has 0 spiro atoms. The zero-order chi connectivity index (χ0) is 22.0. The minimum absolute atomic E-state index is 0.0192. The van der Waals surface area contributed by atoms with Gasteiger partial charge in [0.25, 0.3) is 5.56 Å². The van der Waals surface area contributed by atoms with Crippen molar-refractivity contribution in [3.63, 3.8) is 0 Å². The Morgan fingerprint density at radius 2 is 1.70 bits per heavy atom. The van der Waals surface area contributed by atoms with Crippen molar-refractivity contribution in [3.05, 3.63) is 56.5 Å². The molecule has 0 radical (unpaired) electrons. The van der Waals surface area contributed by atoms with Crippen molar-refractivity contribution in [3.8, 4) is 0 Å². The summed E-state index contributed by atoms with van der Waals surface area (Å²) in [7, 11) is 3.05. The predicted molar refractivity (Wildman–Crippen MR) is 111 cm³/mol. The summed E-state index contributed by atoms with van der Waals surface area (Å²) in [4.78, 5) is 51.5. The first kappa shape index (κ1) is 21.4. The third-order valence-corrected chi connectivity index (χ3v) is 5.20. The van der Waals surface area contributed by atoms with E-state index in [0.29, 0.717) is 32.0 Å². The molecule has 0 bridgehead atoms. The molecule has 1 fully saturated rings. The van der Waals surface area contributed by atoms with Crippen LogP contribution in [0.25, 0.3) is 0 Å². The zero-order valence-electron chi connectivity index (χ0n) is 17.1. The number of piperazine rings is 1. The number of ketones is 1. The number of amides is 1. The fourth-order valence-corrected chi connectivity index (χ4v) is 3.44. The topological polar surface area (TPSA) is 96.7 Å². The number of carbonyl (C=O) groups excluding carboxylic acids is 2. The number of nitrogens with zero attached hydrogens (tertiary/aromatic N) is 4. The standard InChI is InChI=1S/C20H24FN5O4/c1-13(27)15-5-4-14(10-16(15)21)22-17(28)12-25-6-8-26(9-7-25)18-11-19(29)24(3)20(30)23(18)2/h4-5,10-11H,6-9,12H2,1-3H3,(H,22,28). The number of hydrogen-bond acceptors (Lipinski definition) is 6. The lowest BCUT2D eigenvalue weighted by Gasteiger charge is -2.36. The van der Waals surface area contributed by atoms with Crippen LogP contribution in [0.4, 0.5) is 15.9 Å². The molecule has 0 aliphatic carbocycles. The Morgan fingerprint density at radius 3 is 2.30 bits per heavy atom. The largest absolute Gasteiger partial charge is 0.355 e. The van der Waals surface area contributed by atoms with Gasteiger partial charge in [-0.05, 0) is 25.1 Å². The number of aromatic nitrogens is 2. The SMILES string of the molecule is CC(=O)c1ccc(NC(=O)CN2CCN(c3cc(=O)n(C)c(=O)n3C)CC2)cc1F. The van der Waals surface area contributed by atoms with Crippen LogP contribution in [0.15, 0.2) is 33.9 Å². The number of halogens is 1. The first-order chi connectivity index (χ1) is 14.2. The number of rotatable bonds is 5. The van der Waals surface area contributed by atoms with Gasteiger partial charge in [-0.15, -0.1) is 0 Å². The van der Waals surface area contributed by atoms with Crippen LogP contribution >= 0.6 is 0 Å². The summed E-state index contributed by atoms with van der Waals surface area (Å²) in [6, 6.07) is 5.40. The van der Waals surface area contributed by atoms with E-state index in [4.69, 9.17) is 0 Å². The Labute approximate surface area is 172 Å². The molecule has 1 amide bonds. The van der Waals surface area contributed by atoms with E-state index >= 15 is 0 Å². The van der Waals surface area contributed by atoms with Gasteiger partial charge in [-0.25, -0.2) is 9.18 Å². The highest BCUT2D eigenvalue weighted by molar-refractivity contribution is 5.96. The van der Waals surface area contributed by atoms with Crippen molar-refractivity contribution in [1.82, 2.24) is 14.0 Å². The summed E-state index contributed by atoms with van der Waals surface area (Å²) in [5.74, 6) is -0.793. The summed E-state index contributed by atoms with van der Waals surface area (Å²) in [6.07, 6.45) is 0. The number of anilines is 2. The molecule has 2 heterocycles. The molecule has 0 saturated carbocycles. The fraction of sp³-hybridized carbons (Fsp3) is 0.400. The maximum atomic E-state index is 13.9. The van der Waals surface area contributed by atoms with E-state index in [2.05, 4.69) is 5.32 Å². The van der Waals surface area contributed by atoms with Gasteiger partial charge in [0.1, 0.15) is 11.6 Å². The number of carbonyl (C=O) groups is 2. The first-order valence-electron chi connectivity index (χ1n) is 9.52. The Morgan fingerprint density at radius 1 is 1.03 bits per heavy atom. The summed E-state index contributed by atoms with van der Waals surface area (Å²) in [5.41, 5.74) is -0.481. The quantitative estimate of drug-likeness (QED) is 0.698. The maximum Gasteiger partial charge on any atom is 0.332 e. The Bertz CT molecular complexity index is 1100. The number of nitrogens with one attached hydrogen (secondary N) is 1. The van der Waals surface area contributed by atoms with Gasteiger partial charge in [0.05, 0.1) is 12.1 Å². The molecule has 9 nitrogen and oxygen atoms in total. The van der Waals surface area contributed by atoms with Crippen LogP contribution in [0, 0.1) is 5.82 Å². The Kier molecular flexibility index (Phi) is 6.16. The predicted octanol–water partition coefficient (Wildman–Crippen LogP) is 0.186. The van der Waals surface area contributed by atoms with Crippen LogP contribution in [0.2, 0.25) is 0 Å². The molecular formula is C20H24FN5O4. The van der Waals surface area contributed by atoms with Gasteiger partial charge in [-0.3, -0.25) is 28.4 Å². The monoisotopic (exact) mass is 417 g/mol.